The number of aromatic nitrogens is 2. The highest BCUT2D eigenvalue weighted by Gasteiger charge is 2.41. The highest BCUT2D eigenvalue weighted by atomic mass is 16.2. The van der Waals surface area contributed by atoms with Crippen LogP contribution in [0.2, 0.25) is 0 Å². The Kier molecular flexibility index (Phi) is 4.02. The molecule has 0 amide bonds. The second-order valence-electron chi connectivity index (χ2n) is 6.54. The molecule has 1 fully saturated rings. The van der Waals surface area contributed by atoms with E-state index in [-0.39, 0.29) is 17.5 Å². The minimum atomic E-state index is -0.534. The molecule has 0 saturated heterocycles. The number of ketones is 2. The van der Waals surface area contributed by atoms with Crippen molar-refractivity contribution in [3.05, 3.63) is 23.8 Å². The molecule has 0 aromatic carbocycles. The van der Waals surface area contributed by atoms with Gasteiger partial charge in [0.25, 0.3) is 0 Å². The van der Waals surface area contributed by atoms with Gasteiger partial charge in [0.1, 0.15) is 17.8 Å². The molecule has 1 aliphatic rings. The smallest absolute Gasteiger partial charge is 0.191 e. The van der Waals surface area contributed by atoms with Crippen molar-refractivity contribution in [1.29, 1.82) is 0 Å². The van der Waals surface area contributed by atoms with Gasteiger partial charge in [0.05, 0.1) is 5.92 Å². The van der Waals surface area contributed by atoms with Crippen LogP contribution in [-0.2, 0) is 4.79 Å². The Morgan fingerprint density at radius 2 is 2.05 bits per heavy atom. The summed E-state index contributed by atoms with van der Waals surface area (Å²) in [5, 5.41) is 0. The largest absolute Gasteiger partial charge is 0.298 e. The second-order valence-corrected chi connectivity index (χ2v) is 6.54. The Bertz CT molecular complexity index is 535. The van der Waals surface area contributed by atoms with E-state index in [1.807, 2.05) is 27.7 Å². The van der Waals surface area contributed by atoms with Gasteiger partial charge in [-0.05, 0) is 24.8 Å². The molecule has 1 heterocycles. The van der Waals surface area contributed by atoms with Gasteiger partial charge in [0.15, 0.2) is 5.78 Å². The first-order chi connectivity index (χ1) is 9.33. The monoisotopic (exact) mass is 274 g/mol. The first-order valence-corrected chi connectivity index (χ1v) is 7.23. The van der Waals surface area contributed by atoms with Crippen LogP contribution in [0.25, 0.3) is 0 Å². The van der Waals surface area contributed by atoms with Crippen molar-refractivity contribution in [3.63, 3.8) is 0 Å². The lowest BCUT2D eigenvalue weighted by Crippen LogP contribution is -2.39. The Morgan fingerprint density at radius 1 is 1.35 bits per heavy atom. The van der Waals surface area contributed by atoms with Gasteiger partial charge >= 0.3 is 0 Å². The number of hydrogen-bond acceptors (Lipinski definition) is 4. The normalized spacial score (nSPS) is 22.1. The van der Waals surface area contributed by atoms with E-state index >= 15 is 0 Å². The Balaban J connectivity index is 2.27. The van der Waals surface area contributed by atoms with E-state index in [0.717, 1.165) is 18.5 Å². The standard InChI is InChI=1S/C16H22N2O2/c1-10(2)12-8-13(18-9-17-12)14(19)11-6-5-7-16(3,4)15(11)20/h8-11H,5-7H2,1-4H3. The number of carbonyl (C=O) groups is 2. The topological polar surface area (TPSA) is 59.9 Å². The molecule has 0 aliphatic heterocycles. The van der Waals surface area contributed by atoms with Crippen LogP contribution in [0.15, 0.2) is 12.4 Å². The lowest BCUT2D eigenvalue weighted by atomic mass is 9.69. The summed E-state index contributed by atoms with van der Waals surface area (Å²) in [6.45, 7) is 7.89. The maximum atomic E-state index is 12.6. The van der Waals surface area contributed by atoms with E-state index in [9.17, 15) is 9.59 Å². The van der Waals surface area contributed by atoms with Crippen LogP contribution in [0.1, 0.15) is 69.1 Å². The van der Waals surface area contributed by atoms with Gasteiger partial charge in [-0.2, -0.15) is 0 Å². The molecular formula is C16H22N2O2. The predicted octanol–water partition coefficient (Wildman–Crippen LogP) is 3.18. The Labute approximate surface area is 120 Å². The van der Waals surface area contributed by atoms with Crippen LogP contribution < -0.4 is 0 Å². The van der Waals surface area contributed by atoms with Gasteiger partial charge in [-0.15, -0.1) is 0 Å². The lowest BCUT2D eigenvalue weighted by Gasteiger charge is -2.32. The first-order valence-electron chi connectivity index (χ1n) is 7.23. The molecule has 1 unspecified atom stereocenters. The molecule has 1 atom stereocenters. The Hall–Kier alpha value is -1.58. The summed E-state index contributed by atoms with van der Waals surface area (Å²) in [6.07, 6.45) is 3.83. The summed E-state index contributed by atoms with van der Waals surface area (Å²) in [4.78, 5) is 33.2. The summed E-state index contributed by atoms with van der Waals surface area (Å²) in [5.41, 5.74) is 0.817. The van der Waals surface area contributed by atoms with Gasteiger partial charge in [-0.1, -0.05) is 34.1 Å². The second kappa shape index (κ2) is 5.43. The summed E-state index contributed by atoms with van der Waals surface area (Å²) in [5.74, 6) is -0.387. The lowest BCUT2D eigenvalue weighted by molar-refractivity contribution is -0.132. The number of carbonyl (C=O) groups excluding carboxylic acids is 2. The molecule has 1 aromatic rings. The molecule has 0 spiro atoms. The zero-order chi connectivity index (χ0) is 14.9. The van der Waals surface area contributed by atoms with Crippen LogP contribution >= 0.6 is 0 Å². The summed E-state index contributed by atoms with van der Waals surface area (Å²) < 4.78 is 0. The zero-order valence-electron chi connectivity index (χ0n) is 12.6. The van der Waals surface area contributed by atoms with E-state index in [0.29, 0.717) is 12.1 Å². The van der Waals surface area contributed by atoms with Gasteiger partial charge in [-0.25, -0.2) is 9.97 Å². The fourth-order valence-corrected chi connectivity index (χ4v) is 2.73. The number of Topliss-reactive ketones (excluding diaryl/α,β-unsaturated/α-hetero) is 2. The van der Waals surface area contributed by atoms with E-state index in [2.05, 4.69) is 9.97 Å². The summed E-state index contributed by atoms with van der Waals surface area (Å²) in [7, 11) is 0. The van der Waals surface area contributed by atoms with Crippen molar-refractivity contribution in [3.8, 4) is 0 Å². The number of rotatable bonds is 3. The SMILES string of the molecule is CC(C)c1cc(C(=O)C2CCCC(C)(C)C2=O)ncn1. The van der Waals surface area contributed by atoms with E-state index in [1.54, 1.807) is 6.07 Å². The van der Waals surface area contributed by atoms with E-state index in [4.69, 9.17) is 0 Å². The molecule has 1 aliphatic carbocycles. The fourth-order valence-electron chi connectivity index (χ4n) is 2.73. The van der Waals surface area contributed by atoms with Gasteiger partial charge in [0, 0.05) is 11.1 Å². The van der Waals surface area contributed by atoms with Crippen molar-refractivity contribution < 1.29 is 9.59 Å². The minimum absolute atomic E-state index is 0.0541. The van der Waals surface area contributed by atoms with Crippen LogP contribution in [0.3, 0.4) is 0 Å². The molecule has 4 heteroatoms. The van der Waals surface area contributed by atoms with E-state index < -0.39 is 11.3 Å². The van der Waals surface area contributed by atoms with Gasteiger partial charge in [-0.3, -0.25) is 9.59 Å². The summed E-state index contributed by atoms with van der Waals surface area (Å²) >= 11 is 0. The van der Waals surface area contributed by atoms with Crippen molar-refractivity contribution >= 4 is 11.6 Å². The minimum Gasteiger partial charge on any atom is -0.298 e. The van der Waals surface area contributed by atoms with Gasteiger partial charge in [0.2, 0.25) is 0 Å². The maximum Gasteiger partial charge on any atom is 0.191 e. The molecular weight excluding hydrogens is 252 g/mol. The predicted molar refractivity (Wildman–Crippen MR) is 76.6 cm³/mol. The number of hydrogen-bond donors (Lipinski definition) is 0. The molecule has 0 N–H and O–H groups in total. The molecule has 4 nitrogen and oxygen atoms in total. The van der Waals surface area contributed by atoms with Crippen molar-refractivity contribution in [2.45, 2.75) is 52.9 Å². The molecule has 1 saturated carbocycles. The molecule has 0 radical (unpaired) electrons. The highest BCUT2D eigenvalue weighted by molar-refractivity contribution is 6.11. The van der Waals surface area contributed by atoms with Crippen molar-refractivity contribution in [2.75, 3.05) is 0 Å². The molecule has 2 rings (SSSR count). The van der Waals surface area contributed by atoms with Crippen molar-refractivity contribution in [1.82, 2.24) is 9.97 Å². The van der Waals surface area contributed by atoms with Crippen LogP contribution in [0, 0.1) is 11.3 Å². The maximum absolute atomic E-state index is 12.6. The van der Waals surface area contributed by atoms with Crippen LogP contribution in [-0.4, -0.2) is 21.5 Å². The third-order valence-electron chi connectivity index (χ3n) is 4.13. The molecule has 108 valence electrons. The molecule has 0 bridgehead atoms. The summed E-state index contributed by atoms with van der Waals surface area (Å²) in [6, 6.07) is 1.72. The average Bonchev–Trinajstić information content (AvgIpc) is 2.41. The highest BCUT2D eigenvalue weighted by Crippen LogP contribution is 2.36. The third-order valence-corrected chi connectivity index (χ3v) is 4.13. The quantitative estimate of drug-likeness (QED) is 0.627. The molecule has 20 heavy (non-hydrogen) atoms. The zero-order valence-corrected chi connectivity index (χ0v) is 12.6. The third kappa shape index (κ3) is 2.79. The van der Waals surface area contributed by atoms with E-state index in [1.165, 1.54) is 6.33 Å². The number of nitrogens with zero attached hydrogens (tertiary/aromatic N) is 2. The molecule has 1 aromatic heterocycles. The van der Waals surface area contributed by atoms with Crippen LogP contribution in [0.4, 0.5) is 0 Å². The van der Waals surface area contributed by atoms with Gasteiger partial charge < -0.3 is 0 Å². The van der Waals surface area contributed by atoms with Crippen LogP contribution in [0.5, 0.6) is 0 Å². The Morgan fingerprint density at radius 3 is 2.70 bits per heavy atom. The van der Waals surface area contributed by atoms with Crippen molar-refractivity contribution in [2.24, 2.45) is 11.3 Å². The fraction of sp³-hybridized carbons (Fsp3) is 0.625. The first kappa shape index (κ1) is 14.8. The average molecular weight is 274 g/mol.